The summed E-state index contributed by atoms with van der Waals surface area (Å²) in [7, 11) is -7.49. The molecular weight excluding hydrogens is 467 g/mol. The Bertz CT molecular complexity index is 711. The zero-order valence-electron chi connectivity index (χ0n) is 24.0. The van der Waals surface area contributed by atoms with E-state index in [1.165, 1.54) is 0 Å². The molecular formula is C25H53O5PSi2. The molecule has 0 amide bonds. The summed E-state index contributed by atoms with van der Waals surface area (Å²) >= 11 is 0. The van der Waals surface area contributed by atoms with Crippen LogP contribution in [0.1, 0.15) is 75.7 Å². The monoisotopic (exact) mass is 520 g/mol. The lowest BCUT2D eigenvalue weighted by atomic mass is 9.91. The number of rotatable bonds is 9. The molecule has 1 aliphatic carbocycles. The van der Waals surface area contributed by atoms with E-state index in [2.05, 4.69) is 87.7 Å². The normalized spacial score (nSPS) is 26.2. The lowest BCUT2D eigenvalue weighted by molar-refractivity contribution is 0.0224. The summed E-state index contributed by atoms with van der Waals surface area (Å²) in [4.78, 5) is 0. The van der Waals surface area contributed by atoms with Crippen molar-refractivity contribution < 1.29 is 22.5 Å². The maximum atomic E-state index is 13.8. The van der Waals surface area contributed by atoms with Crippen molar-refractivity contribution in [3.63, 3.8) is 0 Å². The lowest BCUT2D eigenvalue weighted by Gasteiger charge is -2.45. The lowest BCUT2D eigenvalue weighted by Crippen LogP contribution is -2.51. The largest absolute Gasteiger partial charge is 0.413 e. The SMILES string of the molecule is CCOP(=O)(OCC)C1=C[C@H](C)[C@H](O[Si](C)(C)C(C)(C)C)[C@@H](C)[C@H](O[Si](C)(C)C(C)(C)C)C1. The standard InChI is InChI=1S/C25H53O5PSi2/c1-15-27-31(26,28-16-2)21-17-19(3)23(30-33(13,14)25(8,9)10)20(4)22(18-21)29-32(11,12)24(5,6)7/h17,19-20,22-23H,15-16,18H2,1-14H3/t19-,20-,22+,23-/m0/s1. The van der Waals surface area contributed by atoms with Gasteiger partial charge in [0.05, 0.1) is 25.4 Å². The van der Waals surface area contributed by atoms with Crippen LogP contribution < -0.4 is 0 Å². The molecule has 196 valence electrons. The Morgan fingerprint density at radius 1 is 0.879 bits per heavy atom. The third kappa shape index (κ3) is 7.61. The van der Waals surface area contributed by atoms with Gasteiger partial charge < -0.3 is 17.9 Å². The Morgan fingerprint density at radius 3 is 1.70 bits per heavy atom. The Morgan fingerprint density at radius 2 is 1.30 bits per heavy atom. The average Bonchev–Trinajstić information content (AvgIpc) is 2.72. The minimum absolute atomic E-state index is 0.0186. The molecule has 4 atom stereocenters. The summed E-state index contributed by atoms with van der Waals surface area (Å²) in [5, 5.41) is 0.927. The molecule has 0 spiro atoms. The first kappa shape index (κ1) is 31.3. The Balaban J connectivity index is 3.55. The molecule has 33 heavy (non-hydrogen) atoms. The summed E-state index contributed by atoms with van der Waals surface area (Å²) in [6.45, 7) is 31.6. The van der Waals surface area contributed by atoms with Crippen LogP contribution in [0.3, 0.4) is 0 Å². The van der Waals surface area contributed by atoms with Gasteiger partial charge in [0.15, 0.2) is 16.6 Å². The van der Waals surface area contributed by atoms with Crippen LogP contribution in [0, 0.1) is 11.8 Å². The second-order valence-electron chi connectivity index (χ2n) is 12.7. The molecule has 0 aromatic carbocycles. The molecule has 0 unspecified atom stereocenters. The highest BCUT2D eigenvalue weighted by Gasteiger charge is 2.48. The van der Waals surface area contributed by atoms with Crippen LogP contribution in [0.25, 0.3) is 0 Å². The van der Waals surface area contributed by atoms with E-state index < -0.39 is 24.2 Å². The minimum atomic E-state index is -3.39. The highest BCUT2D eigenvalue weighted by Crippen LogP contribution is 2.60. The van der Waals surface area contributed by atoms with Crippen molar-refractivity contribution in [3.05, 3.63) is 11.4 Å². The fourth-order valence-electron chi connectivity index (χ4n) is 3.73. The van der Waals surface area contributed by atoms with Gasteiger partial charge in [0.1, 0.15) is 0 Å². The summed E-state index contributed by atoms with van der Waals surface area (Å²) in [6, 6.07) is 0. The van der Waals surface area contributed by atoms with Crippen molar-refractivity contribution in [3.8, 4) is 0 Å². The fraction of sp³-hybridized carbons (Fsp3) is 0.920. The highest BCUT2D eigenvalue weighted by molar-refractivity contribution is 7.58. The van der Waals surface area contributed by atoms with Gasteiger partial charge in [-0.1, -0.05) is 61.5 Å². The molecule has 0 aromatic rings. The summed E-state index contributed by atoms with van der Waals surface area (Å²) in [5.74, 6) is 0.222. The molecule has 1 aliphatic rings. The smallest absolute Gasteiger partial charge is 0.357 e. The van der Waals surface area contributed by atoms with E-state index >= 15 is 0 Å². The second kappa shape index (κ2) is 11.1. The van der Waals surface area contributed by atoms with Crippen molar-refractivity contribution in [2.24, 2.45) is 11.8 Å². The highest BCUT2D eigenvalue weighted by atomic mass is 31.2. The fourth-order valence-corrected chi connectivity index (χ4v) is 8.51. The van der Waals surface area contributed by atoms with Gasteiger partial charge in [-0.3, -0.25) is 4.57 Å². The molecule has 0 heterocycles. The van der Waals surface area contributed by atoms with Crippen LogP contribution in [0.5, 0.6) is 0 Å². The van der Waals surface area contributed by atoms with Crippen molar-refractivity contribution in [2.45, 2.75) is 124 Å². The Labute approximate surface area is 207 Å². The van der Waals surface area contributed by atoms with E-state index in [0.717, 1.165) is 5.31 Å². The summed E-state index contributed by atoms with van der Waals surface area (Å²) < 4.78 is 39.4. The van der Waals surface area contributed by atoms with Crippen LogP contribution in [0.2, 0.25) is 36.3 Å². The van der Waals surface area contributed by atoms with Gasteiger partial charge in [0, 0.05) is 23.6 Å². The topological polar surface area (TPSA) is 54.0 Å². The first-order chi connectivity index (χ1) is 14.7. The van der Waals surface area contributed by atoms with Gasteiger partial charge in [-0.05, 0) is 50.1 Å². The molecule has 0 saturated carbocycles. The van der Waals surface area contributed by atoms with Crippen LogP contribution in [-0.4, -0.2) is 42.1 Å². The molecule has 0 bridgehead atoms. The van der Waals surface area contributed by atoms with Gasteiger partial charge in [0.2, 0.25) is 0 Å². The minimum Gasteiger partial charge on any atom is -0.413 e. The summed E-state index contributed by atoms with van der Waals surface area (Å²) in [5.41, 5.74) is 0. The first-order valence-corrected chi connectivity index (χ1v) is 20.0. The van der Waals surface area contributed by atoms with Crippen molar-refractivity contribution in [1.29, 1.82) is 0 Å². The Hall–Kier alpha value is 0.244. The van der Waals surface area contributed by atoms with Gasteiger partial charge in [-0.15, -0.1) is 0 Å². The van der Waals surface area contributed by atoms with Gasteiger partial charge in [0.25, 0.3) is 0 Å². The van der Waals surface area contributed by atoms with Gasteiger partial charge in [-0.25, -0.2) is 0 Å². The van der Waals surface area contributed by atoms with Crippen LogP contribution in [0.4, 0.5) is 0 Å². The van der Waals surface area contributed by atoms with Crippen molar-refractivity contribution in [1.82, 2.24) is 0 Å². The molecule has 0 aromatic heterocycles. The molecule has 8 heteroatoms. The van der Waals surface area contributed by atoms with E-state index in [1.807, 2.05) is 13.8 Å². The van der Waals surface area contributed by atoms with Crippen molar-refractivity contribution in [2.75, 3.05) is 13.2 Å². The maximum absolute atomic E-state index is 13.8. The van der Waals surface area contributed by atoms with E-state index in [9.17, 15) is 4.57 Å². The predicted octanol–water partition coefficient (Wildman–Crippen LogP) is 8.59. The molecule has 0 aliphatic heterocycles. The van der Waals surface area contributed by atoms with Crippen LogP contribution in [0.15, 0.2) is 11.4 Å². The number of hydrogen-bond donors (Lipinski definition) is 0. The third-order valence-electron chi connectivity index (χ3n) is 7.93. The van der Waals surface area contributed by atoms with Gasteiger partial charge >= 0.3 is 7.60 Å². The average molecular weight is 521 g/mol. The van der Waals surface area contributed by atoms with Crippen LogP contribution in [-0.2, 0) is 22.5 Å². The number of hydrogen-bond acceptors (Lipinski definition) is 5. The zero-order valence-corrected chi connectivity index (χ0v) is 26.9. The van der Waals surface area contributed by atoms with E-state index in [0.29, 0.717) is 19.6 Å². The predicted molar refractivity (Wildman–Crippen MR) is 146 cm³/mol. The molecule has 0 N–H and O–H groups in total. The molecule has 0 radical (unpaired) electrons. The Kier molecular flexibility index (Phi) is 10.5. The summed E-state index contributed by atoms with van der Waals surface area (Å²) in [6.07, 6.45) is 2.53. The van der Waals surface area contributed by atoms with E-state index in [1.54, 1.807) is 0 Å². The van der Waals surface area contributed by atoms with E-state index in [-0.39, 0.29) is 34.1 Å². The maximum Gasteiger partial charge on any atom is 0.357 e. The molecule has 1 rings (SSSR count). The zero-order chi connectivity index (χ0) is 26.0. The van der Waals surface area contributed by atoms with Gasteiger partial charge in [-0.2, -0.15) is 0 Å². The quantitative estimate of drug-likeness (QED) is 0.225. The van der Waals surface area contributed by atoms with E-state index in [4.69, 9.17) is 17.9 Å². The first-order valence-electron chi connectivity index (χ1n) is 12.7. The van der Waals surface area contributed by atoms with Crippen LogP contribution >= 0.6 is 7.60 Å². The van der Waals surface area contributed by atoms with Crippen molar-refractivity contribution >= 4 is 24.2 Å². The molecule has 0 saturated heterocycles. The second-order valence-corrected chi connectivity index (χ2v) is 24.3. The molecule has 5 nitrogen and oxygen atoms in total. The molecule has 0 fully saturated rings. The third-order valence-corrected chi connectivity index (χ3v) is 19.1.